The fourth-order valence-corrected chi connectivity index (χ4v) is 1.17. The number of alkyl halides is 2. The molecule has 0 spiro atoms. The molecule has 15 heavy (non-hydrogen) atoms. The topological polar surface area (TPSA) is 29.1 Å². The summed E-state index contributed by atoms with van der Waals surface area (Å²) in [4.78, 5) is 11.2. The predicted molar refractivity (Wildman–Crippen MR) is 54.9 cm³/mol. The van der Waals surface area contributed by atoms with Gasteiger partial charge < -0.3 is 5.32 Å². The van der Waals surface area contributed by atoms with Crippen LogP contribution in [0.25, 0.3) is 0 Å². The van der Waals surface area contributed by atoms with E-state index < -0.39 is 18.3 Å². The molecule has 82 valence electrons. The third-order valence-corrected chi connectivity index (χ3v) is 1.93. The van der Waals surface area contributed by atoms with E-state index in [0.717, 1.165) is 0 Å². The minimum absolute atomic E-state index is 0.273. The zero-order chi connectivity index (χ0) is 11.3. The van der Waals surface area contributed by atoms with Crippen molar-refractivity contribution in [3.63, 3.8) is 0 Å². The molecule has 0 aliphatic carbocycles. The number of amides is 1. The van der Waals surface area contributed by atoms with Gasteiger partial charge in [-0.05, 0) is 18.6 Å². The van der Waals surface area contributed by atoms with Gasteiger partial charge in [-0.1, -0.05) is 25.1 Å². The van der Waals surface area contributed by atoms with Gasteiger partial charge in [0.2, 0.25) is 0 Å². The van der Waals surface area contributed by atoms with Crippen molar-refractivity contribution in [3.8, 4) is 0 Å². The molecular formula is C11H13F2NO. The third kappa shape index (κ3) is 3.31. The molecule has 0 aliphatic rings. The Balaban J connectivity index is 2.63. The van der Waals surface area contributed by atoms with Crippen LogP contribution in [0, 0.1) is 0 Å². The number of benzene rings is 1. The van der Waals surface area contributed by atoms with Crippen molar-refractivity contribution in [3.05, 3.63) is 30.3 Å². The Morgan fingerprint density at radius 2 is 1.93 bits per heavy atom. The summed E-state index contributed by atoms with van der Waals surface area (Å²) in [6, 6.07) is 8.24. The van der Waals surface area contributed by atoms with Gasteiger partial charge in [0, 0.05) is 12.1 Å². The van der Waals surface area contributed by atoms with E-state index in [1.165, 1.54) is 0 Å². The highest BCUT2D eigenvalue weighted by atomic mass is 19.3. The number of hydrogen-bond acceptors (Lipinski definition) is 1. The van der Waals surface area contributed by atoms with Gasteiger partial charge in [-0.25, -0.2) is 0 Å². The number of carbonyl (C=O) groups excluding carboxylic acids is 1. The smallest absolute Gasteiger partial charge is 0.321 e. The van der Waals surface area contributed by atoms with Crippen molar-refractivity contribution in [1.82, 2.24) is 0 Å². The highest BCUT2D eigenvalue weighted by Crippen LogP contribution is 2.22. The highest BCUT2D eigenvalue weighted by molar-refractivity contribution is 5.95. The van der Waals surface area contributed by atoms with Crippen molar-refractivity contribution in [2.45, 2.75) is 25.7 Å². The maximum atomic E-state index is 13.1. The monoisotopic (exact) mass is 213 g/mol. The lowest BCUT2D eigenvalue weighted by Gasteiger charge is -2.14. The molecule has 1 N–H and O–H groups in total. The van der Waals surface area contributed by atoms with Crippen LogP contribution in [-0.2, 0) is 4.79 Å². The predicted octanol–water partition coefficient (Wildman–Crippen LogP) is 3.06. The van der Waals surface area contributed by atoms with Crippen molar-refractivity contribution in [2.75, 3.05) is 5.32 Å². The Morgan fingerprint density at radius 3 is 2.47 bits per heavy atom. The molecule has 1 aromatic rings. The summed E-state index contributed by atoms with van der Waals surface area (Å²) in [5, 5.41) is 2.18. The SMILES string of the molecule is CCCC(F)(F)C(=O)Nc1ccccc1. The lowest BCUT2D eigenvalue weighted by molar-refractivity contribution is -0.140. The van der Waals surface area contributed by atoms with Crippen LogP contribution in [0.1, 0.15) is 19.8 Å². The summed E-state index contributed by atoms with van der Waals surface area (Å²) in [6.45, 7) is 1.61. The Hall–Kier alpha value is -1.45. The standard InChI is InChI=1S/C11H13F2NO/c1-2-8-11(12,13)10(15)14-9-6-4-3-5-7-9/h3-7H,2,8H2,1H3,(H,14,15). The second-order valence-electron chi connectivity index (χ2n) is 3.27. The van der Waals surface area contributed by atoms with Crippen molar-refractivity contribution < 1.29 is 13.6 Å². The maximum absolute atomic E-state index is 13.1. The largest absolute Gasteiger partial charge is 0.324 e. The van der Waals surface area contributed by atoms with Crippen LogP contribution in [0.3, 0.4) is 0 Å². The van der Waals surface area contributed by atoms with Gasteiger partial charge in [-0.2, -0.15) is 8.78 Å². The molecule has 0 saturated heterocycles. The van der Waals surface area contributed by atoms with Crippen LogP contribution < -0.4 is 5.32 Å². The first-order chi connectivity index (χ1) is 7.06. The molecule has 1 rings (SSSR count). The second-order valence-corrected chi connectivity index (χ2v) is 3.27. The fraction of sp³-hybridized carbons (Fsp3) is 0.364. The molecule has 0 fully saturated rings. The molecule has 4 heteroatoms. The normalized spacial score (nSPS) is 11.1. The van der Waals surface area contributed by atoms with E-state index in [1.807, 2.05) is 0 Å². The van der Waals surface area contributed by atoms with E-state index in [9.17, 15) is 13.6 Å². The highest BCUT2D eigenvalue weighted by Gasteiger charge is 2.37. The molecule has 0 aromatic heterocycles. The first kappa shape index (κ1) is 11.6. The first-order valence-electron chi connectivity index (χ1n) is 4.80. The lowest BCUT2D eigenvalue weighted by Crippen LogP contribution is -2.34. The molecule has 0 unspecified atom stereocenters. The van der Waals surface area contributed by atoms with Crippen LogP contribution in [0.15, 0.2) is 30.3 Å². The van der Waals surface area contributed by atoms with Crippen molar-refractivity contribution >= 4 is 11.6 Å². The lowest BCUT2D eigenvalue weighted by atomic mass is 10.2. The van der Waals surface area contributed by atoms with E-state index in [4.69, 9.17) is 0 Å². The summed E-state index contributed by atoms with van der Waals surface area (Å²) >= 11 is 0. The van der Waals surface area contributed by atoms with E-state index in [1.54, 1.807) is 37.3 Å². The van der Waals surface area contributed by atoms with Gasteiger partial charge >= 0.3 is 5.92 Å². The van der Waals surface area contributed by atoms with Gasteiger partial charge in [-0.3, -0.25) is 4.79 Å². The fourth-order valence-electron chi connectivity index (χ4n) is 1.17. The van der Waals surface area contributed by atoms with E-state index in [0.29, 0.717) is 5.69 Å². The molecule has 1 amide bonds. The first-order valence-corrected chi connectivity index (χ1v) is 4.80. The second kappa shape index (κ2) is 4.87. The van der Waals surface area contributed by atoms with Gasteiger partial charge in [0.15, 0.2) is 0 Å². The van der Waals surface area contributed by atoms with Crippen LogP contribution in [0.5, 0.6) is 0 Å². The Kier molecular flexibility index (Phi) is 3.77. The van der Waals surface area contributed by atoms with Crippen molar-refractivity contribution in [1.29, 1.82) is 0 Å². The van der Waals surface area contributed by atoms with E-state index in [2.05, 4.69) is 5.32 Å². The summed E-state index contributed by atoms with van der Waals surface area (Å²) in [5.74, 6) is -4.53. The maximum Gasteiger partial charge on any atom is 0.324 e. The molecule has 0 atom stereocenters. The van der Waals surface area contributed by atoms with Crippen LogP contribution >= 0.6 is 0 Å². The van der Waals surface area contributed by atoms with Crippen molar-refractivity contribution in [2.24, 2.45) is 0 Å². The van der Waals surface area contributed by atoms with E-state index in [-0.39, 0.29) is 6.42 Å². The number of anilines is 1. The average molecular weight is 213 g/mol. The third-order valence-electron chi connectivity index (χ3n) is 1.93. The molecule has 0 radical (unpaired) electrons. The zero-order valence-corrected chi connectivity index (χ0v) is 8.47. The van der Waals surface area contributed by atoms with Crippen LogP contribution in [0.4, 0.5) is 14.5 Å². The molecule has 0 aliphatic heterocycles. The number of hydrogen-bond donors (Lipinski definition) is 1. The Labute approximate surface area is 87.3 Å². The molecular weight excluding hydrogens is 200 g/mol. The zero-order valence-electron chi connectivity index (χ0n) is 8.47. The molecule has 1 aromatic carbocycles. The summed E-state index contributed by atoms with van der Waals surface area (Å²) < 4.78 is 26.2. The Bertz CT molecular complexity index is 325. The summed E-state index contributed by atoms with van der Waals surface area (Å²) in [7, 11) is 0. The number of rotatable bonds is 4. The molecule has 2 nitrogen and oxygen atoms in total. The molecule has 0 bridgehead atoms. The Morgan fingerprint density at radius 1 is 1.33 bits per heavy atom. The van der Waals surface area contributed by atoms with Gasteiger partial charge in [0.1, 0.15) is 0 Å². The molecule has 0 saturated carbocycles. The number of halogens is 2. The molecule has 0 heterocycles. The quantitative estimate of drug-likeness (QED) is 0.818. The average Bonchev–Trinajstić information content (AvgIpc) is 2.19. The van der Waals surface area contributed by atoms with Crippen LogP contribution in [-0.4, -0.2) is 11.8 Å². The summed E-state index contributed by atoms with van der Waals surface area (Å²) in [6.07, 6.45) is -0.152. The van der Waals surface area contributed by atoms with Crippen LogP contribution in [0.2, 0.25) is 0 Å². The minimum Gasteiger partial charge on any atom is -0.321 e. The van der Waals surface area contributed by atoms with Gasteiger partial charge in [0.25, 0.3) is 5.91 Å². The number of carbonyl (C=O) groups is 1. The number of para-hydroxylation sites is 1. The van der Waals surface area contributed by atoms with Gasteiger partial charge in [-0.15, -0.1) is 0 Å². The number of nitrogens with one attached hydrogen (secondary N) is 1. The summed E-state index contributed by atoms with van der Waals surface area (Å²) in [5.41, 5.74) is 0.387. The minimum atomic E-state index is -3.29. The van der Waals surface area contributed by atoms with E-state index >= 15 is 0 Å². The van der Waals surface area contributed by atoms with Gasteiger partial charge in [0.05, 0.1) is 0 Å².